The van der Waals surface area contributed by atoms with Crippen LogP contribution in [0.3, 0.4) is 0 Å². The van der Waals surface area contributed by atoms with Crippen molar-refractivity contribution in [2.45, 2.75) is 12.6 Å². The topological polar surface area (TPSA) is 65.4 Å². The SMILES string of the molecule is CNC1COCC1C(=O)c1ccnn1CCOC. The third-order valence-corrected chi connectivity index (χ3v) is 3.26. The summed E-state index contributed by atoms with van der Waals surface area (Å²) >= 11 is 0. The Morgan fingerprint density at radius 3 is 3.22 bits per heavy atom. The number of nitrogens with zero attached hydrogens (tertiary/aromatic N) is 2. The summed E-state index contributed by atoms with van der Waals surface area (Å²) in [6.45, 7) is 2.18. The first-order valence-electron chi connectivity index (χ1n) is 6.08. The molecule has 1 aromatic rings. The molecule has 2 rings (SSSR count). The van der Waals surface area contributed by atoms with E-state index in [1.807, 2.05) is 7.05 Å². The smallest absolute Gasteiger partial charge is 0.187 e. The highest BCUT2D eigenvalue weighted by Gasteiger charge is 2.34. The van der Waals surface area contributed by atoms with Crippen LogP contribution in [0.1, 0.15) is 10.5 Å². The van der Waals surface area contributed by atoms with E-state index in [-0.39, 0.29) is 17.7 Å². The van der Waals surface area contributed by atoms with Crippen LogP contribution in [0.2, 0.25) is 0 Å². The largest absolute Gasteiger partial charge is 0.383 e. The number of ketones is 1. The van der Waals surface area contributed by atoms with Crippen LogP contribution >= 0.6 is 0 Å². The van der Waals surface area contributed by atoms with Gasteiger partial charge in [-0.1, -0.05) is 0 Å². The monoisotopic (exact) mass is 253 g/mol. The third-order valence-electron chi connectivity index (χ3n) is 3.26. The maximum Gasteiger partial charge on any atom is 0.187 e. The van der Waals surface area contributed by atoms with Crippen molar-refractivity contribution in [2.75, 3.05) is 34.0 Å². The Morgan fingerprint density at radius 2 is 2.50 bits per heavy atom. The van der Waals surface area contributed by atoms with E-state index in [1.54, 1.807) is 24.1 Å². The highest BCUT2D eigenvalue weighted by atomic mass is 16.5. The lowest BCUT2D eigenvalue weighted by Crippen LogP contribution is -2.37. The Kier molecular flexibility index (Phi) is 4.46. The standard InChI is InChI=1S/C12H19N3O3/c1-13-10-8-18-7-9(10)12(16)11-3-4-14-15(11)5-6-17-2/h3-4,9-10,13H,5-8H2,1-2H3. The summed E-state index contributed by atoms with van der Waals surface area (Å²) in [4.78, 5) is 12.4. The molecule has 2 unspecified atom stereocenters. The molecule has 0 amide bonds. The van der Waals surface area contributed by atoms with E-state index >= 15 is 0 Å². The number of hydrogen-bond acceptors (Lipinski definition) is 5. The number of hydrogen-bond donors (Lipinski definition) is 1. The number of methoxy groups -OCH3 is 1. The third kappa shape index (κ3) is 2.60. The summed E-state index contributed by atoms with van der Waals surface area (Å²) in [5, 5.41) is 7.27. The van der Waals surface area contributed by atoms with Gasteiger partial charge < -0.3 is 14.8 Å². The van der Waals surface area contributed by atoms with Gasteiger partial charge in [-0.2, -0.15) is 5.10 Å². The van der Waals surface area contributed by atoms with Crippen LogP contribution in [0.25, 0.3) is 0 Å². The highest BCUT2D eigenvalue weighted by molar-refractivity contribution is 5.97. The van der Waals surface area contributed by atoms with Crippen molar-refractivity contribution in [3.8, 4) is 0 Å². The fourth-order valence-electron chi connectivity index (χ4n) is 2.19. The van der Waals surface area contributed by atoms with Crippen molar-refractivity contribution in [1.82, 2.24) is 15.1 Å². The van der Waals surface area contributed by atoms with Gasteiger partial charge in [0, 0.05) is 19.3 Å². The van der Waals surface area contributed by atoms with Crippen LogP contribution in [-0.2, 0) is 16.0 Å². The lowest BCUT2D eigenvalue weighted by Gasteiger charge is -2.16. The number of Topliss-reactive ketones (excluding diaryl/α,β-unsaturated/α-hetero) is 1. The summed E-state index contributed by atoms with van der Waals surface area (Å²) in [7, 11) is 3.48. The molecule has 0 saturated carbocycles. The van der Waals surface area contributed by atoms with E-state index in [1.165, 1.54) is 0 Å². The van der Waals surface area contributed by atoms with E-state index in [0.29, 0.717) is 32.1 Å². The second kappa shape index (κ2) is 6.08. The molecule has 1 saturated heterocycles. The zero-order chi connectivity index (χ0) is 13.0. The van der Waals surface area contributed by atoms with Crippen molar-refractivity contribution in [2.24, 2.45) is 5.92 Å². The quantitative estimate of drug-likeness (QED) is 0.720. The Balaban J connectivity index is 2.10. The van der Waals surface area contributed by atoms with Gasteiger partial charge >= 0.3 is 0 Å². The zero-order valence-corrected chi connectivity index (χ0v) is 10.8. The number of carbonyl (C=O) groups excluding carboxylic acids is 1. The molecule has 0 aromatic carbocycles. The van der Waals surface area contributed by atoms with E-state index in [4.69, 9.17) is 9.47 Å². The van der Waals surface area contributed by atoms with Crippen LogP contribution in [0.15, 0.2) is 12.3 Å². The van der Waals surface area contributed by atoms with Crippen molar-refractivity contribution in [1.29, 1.82) is 0 Å². The molecule has 0 radical (unpaired) electrons. The predicted molar refractivity (Wildman–Crippen MR) is 65.6 cm³/mol. The molecule has 18 heavy (non-hydrogen) atoms. The van der Waals surface area contributed by atoms with Gasteiger partial charge in [0.15, 0.2) is 5.78 Å². The molecule has 6 nitrogen and oxygen atoms in total. The molecule has 1 aromatic heterocycles. The Hall–Kier alpha value is -1.24. The van der Waals surface area contributed by atoms with E-state index in [9.17, 15) is 4.79 Å². The molecule has 1 aliphatic heterocycles. The number of rotatable bonds is 6. The molecule has 1 fully saturated rings. The average molecular weight is 253 g/mol. The van der Waals surface area contributed by atoms with Crippen LogP contribution < -0.4 is 5.32 Å². The second-order valence-corrected chi connectivity index (χ2v) is 4.34. The maximum atomic E-state index is 12.4. The number of carbonyl (C=O) groups is 1. The average Bonchev–Trinajstić information content (AvgIpc) is 3.03. The minimum atomic E-state index is -0.131. The Bertz CT molecular complexity index is 405. The Morgan fingerprint density at radius 1 is 1.67 bits per heavy atom. The minimum absolute atomic E-state index is 0.0838. The second-order valence-electron chi connectivity index (χ2n) is 4.34. The fraction of sp³-hybridized carbons (Fsp3) is 0.667. The highest BCUT2D eigenvalue weighted by Crippen LogP contribution is 2.19. The summed E-state index contributed by atoms with van der Waals surface area (Å²) in [5.41, 5.74) is 0.628. The molecule has 1 aliphatic rings. The van der Waals surface area contributed by atoms with Gasteiger partial charge in [0.1, 0.15) is 5.69 Å². The van der Waals surface area contributed by atoms with E-state index < -0.39 is 0 Å². The molecule has 0 aliphatic carbocycles. The molecular weight excluding hydrogens is 234 g/mol. The van der Waals surface area contributed by atoms with Crippen molar-refractivity contribution < 1.29 is 14.3 Å². The first-order chi connectivity index (χ1) is 8.77. The van der Waals surface area contributed by atoms with Crippen LogP contribution in [0.4, 0.5) is 0 Å². The maximum absolute atomic E-state index is 12.4. The van der Waals surface area contributed by atoms with Gasteiger partial charge in [-0.3, -0.25) is 9.48 Å². The molecular formula is C12H19N3O3. The first-order valence-corrected chi connectivity index (χ1v) is 6.08. The molecule has 2 atom stereocenters. The van der Waals surface area contributed by atoms with Gasteiger partial charge in [-0.25, -0.2) is 0 Å². The molecule has 0 spiro atoms. The molecule has 0 bridgehead atoms. The molecule has 2 heterocycles. The van der Waals surface area contributed by atoms with Crippen molar-refractivity contribution in [3.63, 3.8) is 0 Å². The van der Waals surface area contributed by atoms with E-state index in [0.717, 1.165) is 0 Å². The molecule has 1 N–H and O–H groups in total. The minimum Gasteiger partial charge on any atom is -0.383 e. The van der Waals surface area contributed by atoms with Crippen molar-refractivity contribution in [3.05, 3.63) is 18.0 Å². The zero-order valence-electron chi connectivity index (χ0n) is 10.8. The lowest BCUT2D eigenvalue weighted by molar-refractivity contribution is 0.0878. The number of likely N-dealkylation sites (N-methyl/N-ethyl adjacent to an activating group) is 1. The van der Waals surface area contributed by atoms with Gasteiger partial charge in [0.2, 0.25) is 0 Å². The summed E-state index contributed by atoms with van der Waals surface area (Å²) in [5.74, 6) is -0.0477. The van der Waals surface area contributed by atoms with Crippen molar-refractivity contribution >= 4 is 5.78 Å². The Labute approximate surface area is 106 Å². The molecule has 100 valence electrons. The van der Waals surface area contributed by atoms with Gasteiger partial charge in [-0.05, 0) is 13.1 Å². The van der Waals surface area contributed by atoms with Gasteiger partial charge in [0.05, 0.1) is 32.3 Å². The predicted octanol–water partition coefficient (Wildman–Crippen LogP) is -0.0534. The summed E-state index contributed by atoms with van der Waals surface area (Å²) in [6, 6.07) is 1.84. The van der Waals surface area contributed by atoms with Crippen LogP contribution in [0.5, 0.6) is 0 Å². The number of ether oxygens (including phenoxy) is 2. The van der Waals surface area contributed by atoms with Crippen LogP contribution in [-0.4, -0.2) is 55.6 Å². The van der Waals surface area contributed by atoms with E-state index in [2.05, 4.69) is 10.4 Å². The van der Waals surface area contributed by atoms with Crippen LogP contribution in [0, 0.1) is 5.92 Å². The normalized spacial score (nSPS) is 23.4. The lowest BCUT2D eigenvalue weighted by atomic mass is 9.96. The first kappa shape index (κ1) is 13.2. The summed E-state index contributed by atoms with van der Waals surface area (Å²) < 4.78 is 12.1. The van der Waals surface area contributed by atoms with Gasteiger partial charge in [0.25, 0.3) is 0 Å². The molecule has 6 heteroatoms. The van der Waals surface area contributed by atoms with Gasteiger partial charge in [-0.15, -0.1) is 0 Å². The number of nitrogens with one attached hydrogen (secondary N) is 1. The number of aromatic nitrogens is 2. The summed E-state index contributed by atoms with van der Waals surface area (Å²) in [6.07, 6.45) is 1.65. The fourth-order valence-corrected chi connectivity index (χ4v) is 2.19.